The largest absolute Gasteiger partial charge is 0.489 e. The van der Waals surface area contributed by atoms with E-state index in [1.807, 2.05) is 24.3 Å². The number of ether oxygens (including phenoxy) is 1. The van der Waals surface area contributed by atoms with Gasteiger partial charge in [-0.2, -0.15) is 5.26 Å². The standard InChI is InChI=1S/C23H16Cl2N2O2/c24-19-10-8-16(9-11-19)15-29-20-5-3-4-17(13-20)12-18(14-26)23(28)27-22-7-2-1-6-21(22)25/h1-13H,15H2,(H,27,28)/b18-12-. The maximum Gasteiger partial charge on any atom is 0.266 e. The van der Waals surface area contributed by atoms with Gasteiger partial charge in [0.05, 0.1) is 10.7 Å². The van der Waals surface area contributed by atoms with E-state index >= 15 is 0 Å². The SMILES string of the molecule is N#C/C(=C/c1cccc(OCc2ccc(Cl)cc2)c1)C(=O)Nc1ccccc1Cl. The number of para-hydroxylation sites is 1. The predicted molar refractivity (Wildman–Crippen MR) is 116 cm³/mol. The van der Waals surface area contributed by atoms with E-state index in [-0.39, 0.29) is 5.57 Å². The van der Waals surface area contributed by atoms with Crippen molar-refractivity contribution in [2.75, 3.05) is 5.32 Å². The number of hydrogen-bond donors (Lipinski definition) is 1. The average Bonchev–Trinajstić information content (AvgIpc) is 2.73. The summed E-state index contributed by atoms with van der Waals surface area (Å²) in [6.07, 6.45) is 1.50. The number of amides is 1. The van der Waals surface area contributed by atoms with Crippen LogP contribution in [0.5, 0.6) is 5.75 Å². The number of carbonyl (C=O) groups excluding carboxylic acids is 1. The van der Waals surface area contributed by atoms with Crippen LogP contribution in [0.3, 0.4) is 0 Å². The minimum Gasteiger partial charge on any atom is -0.489 e. The average molecular weight is 423 g/mol. The first kappa shape index (κ1) is 20.5. The van der Waals surface area contributed by atoms with E-state index in [1.165, 1.54) is 6.08 Å². The molecule has 3 rings (SSSR count). The van der Waals surface area contributed by atoms with Gasteiger partial charge in [0.15, 0.2) is 0 Å². The van der Waals surface area contributed by atoms with Crippen LogP contribution in [0.15, 0.2) is 78.4 Å². The van der Waals surface area contributed by atoms with E-state index in [1.54, 1.807) is 54.6 Å². The van der Waals surface area contributed by atoms with E-state index in [9.17, 15) is 10.1 Å². The monoisotopic (exact) mass is 422 g/mol. The Morgan fingerprint density at radius 2 is 1.79 bits per heavy atom. The number of carbonyl (C=O) groups is 1. The summed E-state index contributed by atoms with van der Waals surface area (Å²) in [5, 5.41) is 13.1. The van der Waals surface area contributed by atoms with Crippen molar-refractivity contribution in [1.82, 2.24) is 0 Å². The first-order valence-electron chi connectivity index (χ1n) is 8.70. The van der Waals surface area contributed by atoms with Gasteiger partial charge in [-0.3, -0.25) is 4.79 Å². The quantitative estimate of drug-likeness (QED) is 0.384. The molecule has 0 aromatic heterocycles. The van der Waals surface area contributed by atoms with Gasteiger partial charge in [0.25, 0.3) is 5.91 Å². The van der Waals surface area contributed by atoms with Gasteiger partial charge in [0, 0.05) is 5.02 Å². The summed E-state index contributed by atoms with van der Waals surface area (Å²) in [7, 11) is 0. The Balaban J connectivity index is 1.71. The number of hydrogen-bond acceptors (Lipinski definition) is 3. The van der Waals surface area contributed by atoms with Crippen LogP contribution < -0.4 is 10.1 Å². The fourth-order valence-corrected chi connectivity index (χ4v) is 2.82. The molecular formula is C23H16Cl2N2O2. The zero-order chi connectivity index (χ0) is 20.6. The van der Waals surface area contributed by atoms with E-state index in [0.717, 1.165) is 5.56 Å². The molecule has 0 saturated carbocycles. The van der Waals surface area contributed by atoms with Crippen molar-refractivity contribution in [2.24, 2.45) is 0 Å². The highest BCUT2D eigenvalue weighted by atomic mass is 35.5. The van der Waals surface area contributed by atoms with Gasteiger partial charge >= 0.3 is 0 Å². The lowest BCUT2D eigenvalue weighted by atomic mass is 10.1. The summed E-state index contributed by atoms with van der Waals surface area (Å²) >= 11 is 11.9. The van der Waals surface area contributed by atoms with E-state index in [4.69, 9.17) is 27.9 Å². The fraction of sp³-hybridized carbons (Fsp3) is 0.0435. The van der Waals surface area contributed by atoms with Crippen LogP contribution in [0.2, 0.25) is 10.0 Å². The Morgan fingerprint density at radius 1 is 1.03 bits per heavy atom. The molecule has 3 aromatic rings. The second-order valence-corrected chi connectivity index (χ2v) is 6.94. The molecule has 0 aliphatic carbocycles. The molecule has 3 aromatic carbocycles. The molecular weight excluding hydrogens is 407 g/mol. The third-order valence-corrected chi connectivity index (χ3v) is 4.56. The summed E-state index contributed by atoms with van der Waals surface area (Å²) < 4.78 is 5.79. The van der Waals surface area contributed by atoms with Crippen LogP contribution in [-0.4, -0.2) is 5.91 Å². The molecule has 0 fully saturated rings. The second kappa shape index (κ2) is 9.79. The lowest BCUT2D eigenvalue weighted by Crippen LogP contribution is -2.13. The van der Waals surface area contributed by atoms with Gasteiger partial charge in [-0.25, -0.2) is 0 Å². The van der Waals surface area contributed by atoms with Crippen molar-refractivity contribution in [2.45, 2.75) is 6.61 Å². The van der Waals surface area contributed by atoms with Gasteiger partial charge < -0.3 is 10.1 Å². The number of nitrogens with zero attached hydrogens (tertiary/aromatic N) is 1. The molecule has 0 saturated heterocycles. The minimum atomic E-state index is -0.534. The third kappa shape index (κ3) is 5.86. The highest BCUT2D eigenvalue weighted by Crippen LogP contribution is 2.22. The Bertz CT molecular complexity index is 1090. The van der Waals surface area contributed by atoms with Gasteiger partial charge in [-0.05, 0) is 53.6 Å². The van der Waals surface area contributed by atoms with Crippen LogP contribution in [0, 0.1) is 11.3 Å². The summed E-state index contributed by atoms with van der Waals surface area (Å²) in [6, 6.07) is 23.3. The predicted octanol–water partition coefficient (Wildman–Crippen LogP) is 6.12. The molecule has 0 aliphatic rings. The molecule has 0 radical (unpaired) electrons. The number of nitriles is 1. The first-order chi connectivity index (χ1) is 14.0. The zero-order valence-electron chi connectivity index (χ0n) is 15.2. The molecule has 0 bridgehead atoms. The molecule has 144 valence electrons. The number of anilines is 1. The number of rotatable bonds is 6. The molecule has 0 aliphatic heterocycles. The van der Waals surface area contributed by atoms with Gasteiger partial charge in [-0.15, -0.1) is 0 Å². The summed E-state index contributed by atoms with van der Waals surface area (Å²) in [5.74, 6) is 0.0885. The number of nitrogens with one attached hydrogen (secondary N) is 1. The Hall–Kier alpha value is -3.26. The Kier molecular flexibility index (Phi) is 6.91. The molecule has 0 heterocycles. The van der Waals surface area contributed by atoms with Crippen molar-refractivity contribution in [1.29, 1.82) is 5.26 Å². The molecule has 29 heavy (non-hydrogen) atoms. The topological polar surface area (TPSA) is 62.1 Å². The first-order valence-corrected chi connectivity index (χ1v) is 9.46. The van der Waals surface area contributed by atoms with Crippen molar-refractivity contribution < 1.29 is 9.53 Å². The number of halogens is 2. The van der Waals surface area contributed by atoms with Crippen molar-refractivity contribution >= 4 is 40.9 Å². The number of benzene rings is 3. The summed E-state index contributed by atoms with van der Waals surface area (Å²) in [6.45, 7) is 0.377. The fourth-order valence-electron chi connectivity index (χ4n) is 2.51. The Morgan fingerprint density at radius 3 is 2.52 bits per heavy atom. The molecule has 0 atom stereocenters. The lowest BCUT2D eigenvalue weighted by molar-refractivity contribution is -0.112. The summed E-state index contributed by atoms with van der Waals surface area (Å²) in [4.78, 5) is 12.4. The minimum absolute atomic E-state index is 0.0419. The van der Waals surface area contributed by atoms with Crippen LogP contribution in [0.25, 0.3) is 6.08 Å². The van der Waals surface area contributed by atoms with Crippen LogP contribution in [-0.2, 0) is 11.4 Å². The van der Waals surface area contributed by atoms with Crippen LogP contribution in [0.4, 0.5) is 5.69 Å². The smallest absolute Gasteiger partial charge is 0.266 e. The van der Waals surface area contributed by atoms with Gasteiger partial charge in [0.1, 0.15) is 24.0 Å². The van der Waals surface area contributed by atoms with E-state index in [0.29, 0.717) is 33.7 Å². The second-order valence-electron chi connectivity index (χ2n) is 6.09. The maximum atomic E-state index is 12.4. The van der Waals surface area contributed by atoms with Crippen molar-refractivity contribution in [3.8, 4) is 11.8 Å². The molecule has 1 N–H and O–H groups in total. The van der Waals surface area contributed by atoms with Gasteiger partial charge in [0.2, 0.25) is 0 Å². The third-order valence-electron chi connectivity index (χ3n) is 3.97. The van der Waals surface area contributed by atoms with Gasteiger partial charge in [-0.1, -0.05) is 59.6 Å². The Labute approximate surface area is 179 Å². The van der Waals surface area contributed by atoms with Crippen LogP contribution in [0.1, 0.15) is 11.1 Å². The molecule has 4 nitrogen and oxygen atoms in total. The molecule has 0 spiro atoms. The molecule has 0 unspecified atom stereocenters. The zero-order valence-corrected chi connectivity index (χ0v) is 16.7. The maximum absolute atomic E-state index is 12.4. The molecule has 1 amide bonds. The highest BCUT2D eigenvalue weighted by molar-refractivity contribution is 6.34. The van der Waals surface area contributed by atoms with Crippen LogP contribution >= 0.6 is 23.2 Å². The highest BCUT2D eigenvalue weighted by Gasteiger charge is 2.11. The van der Waals surface area contributed by atoms with E-state index in [2.05, 4.69) is 5.32 Å². The normalized spacial score (nSPS) is 10.9. The van der Waals surface area contributed by atoms with E-state index < -0.39 is 5.91 Å². The lowest BCUT2D eigenvalue weighted by Gasteiger charge is -2.08. The van der Waals surface area contributed by atoms with Crippen molar-refractivity contribution in [3.05, 3.63) is 99.5 Å². The van der Waals surface area contributed by atoms with Crippen molar-refractivity contribution in [3.63, 3.8) is 0 Å². The summed E-state index contributed by atoms with van der Waals surface area (Å²) in [5.41, 5.74) is 2.05. The molecule has 6 heteroatoms.